The summed E-state index contributed by atoms with van der Waals surface area (Å²) in [5.41, 5.74) is 9.76. The molecular weight excluding hydrogens is 456 g/mol. The van der Waals surface area contributed by atoms with Gasteiger partial charge in [0.15, 0.2) is 5.69 Å². The molecule has 182 valence electrons. The van der Waals surface area contributed by atoms with Crippen LogP contribution in [-0.4, -0.2) is 8.07 Å². The zero-order valence-electron chi connectivity index (χ0n) is 22.7. The van der Waals surface area contributed by atoms with E-state index in [2.05, 4.69) is 94.1 Å². The van der Waals surface area contributed by atoms with Gasteiger partial charge in [-0.05, 0) is 61.1 Å². The fourth-order valence-electron chi connectivity index (χ4n) is 5.37. The van der Waals surface area contributed by atoms with E-state index in [-0.39, 0.29) is 0 Å². The molecule has 5 rings (SSSR count). The summed E-state index contributed by atoms with van der Waals surface area (Å²) >= 11 is 0. The summed E-state index contributed by atoms with van der Waals surface area (Å²) < 4.78 is 8.90. The van der Waals surface area contributed by atoms with Gasteiger partial charge in [-0.2, -0.15) is 4.57 Å². The van der Waals surface area contributed by atoms with Gasteiger partial charge in [-0.1, -0.05) is 56.9 Å². The number of fused-ring (bicyclic) bond motifs is 4. The summed E-state index contributed by atoms with van der Waals surface area (Å²) in [5.74, 6) is 0.558. The maximum atomic E-state index is 7.43. The van der Waals surface area contributed by atoms with Crippen LogP contribution < -0.4 is 9.75 Å². The number of furan rings is 1. The first kappa shape index (κ1) is 24.3. The fraction of sp³-hybridized carbons (Fsp3) is 0.312. The second-order valence-electron chi connectivity index (χ2n) is 11.7. The van der Waals surface area contributed by atoms with Gasteiger partial charge in [0, 0.05) is 28.3 Å². The molecule has 2 aromatic heterocycles. The van der Waals surface area contributed by atoms with E-state index in [0.29, 0.717) is 11.6 Å². The minimum atomic E-state index is -1.47. The Hall–Kier alpha value is -3.42. The van der Waals surface area contributed by atoms with Crippen LogP contribution in [0.5, 0.6) is 0 Å². The highest BCUT2D eigenvalue weighted by Crippen LogP contribution is 2.40. The van der Waals surface area contributed by atoms with Crippen LogP contribution in [0.25, 0.3) is 48.9 Å². The molecule has 0 radical (unpaired) electrons. The zero-order valence-corrected chi connectivity index (χ0v) is 23.7. The Morgan fingerprint density at radius 1 is 0.944 bits per heavy atom. The highest BCUT2D eigenvalue weighted by molar-refractivity contribution is 6.88. The van der Waals surface area contributed by atoms with Crippen LogP contribution in [0.3, 0.4) is 0 Å². The van der Waals surface area contributed by atoms with E-state index in [9.17, 15) is 0 Å². The van der Waals surface area contributed by atoms with Crippen LogP contribution >= 0.6 is 0 Å². The van der Waals surface area contributed by atoms with Crippen molar-refractivity contribution in [3.8, 4) is 11.3 Å². The summed E-state index contributed by atoms with van der Waals surface area (Å²) in [5, 5.41) is 4.99. The lowest BCUT2D eigenvalue weighted by molar-refractivity contribution is -0.633. The van der Waals surface area contributed by atoms with Crippen molar-refractivity contribution < 1.29 is 8.98 Å². The first-order chi connectivity index (χ1) is 17.0. The maximum absolute atomic E-state index is 7.43. The molecule has 4 heteroatoms. The van der Waals surface area contributed by atoms with Crippen molar-refractivity contribution in [2.45, 2.75) is 53.8 Å². The Morgan fingerprint density at radius 3 is 2.33 bits per heavy atom. The molecule has 0 amide bonds. The second-order valence-corrected chi connectivity index (χ2v) is 16.7. The number of rotatable bonds is 4. The molecular formula is C32H35N2OSi+. The first-order valence-electron chi connectivity index (χ1n) is 12.8. The Kier molecular flexibility index (Phi) is 5.80. The molecule has 0 aliphatic rings. The molecule has 3 nitrogen and oxygen atoms in total. The third kappa shape index (κ3) is 3.92. The van der Waals surface area contributed by atoms with Gasteiger partial charge in [0.25, 0.3) is 0 Å². The lowest BCUT2D eigenvalue weighted by atomic mass is 9.92. The maximum Gasteiger partial charge on any atom is 0.217 e. The standard InChI is InChI=1S/C32H35N2OSi/c1-19(2)14-22-16-29(34(6)28-18-24(36(7,8)9)11-13-25(22)28)31-21(4)20(3)15-27-26-12-10-23(33-5)17-30(26)35-32(27)31/h10-13,15-19H,14H2,1-4,6-9H3/q+1. The third-order valence-corrected chi connectivity index (χ3v) is 9.57. The van der Waals surface area contributed by atoms with Crippen LogP contribution in [0.4, 0.5) is 5.69 Å². The minimum Gasteiger partial charge on any atom is -0.456 e. The Bertz CT molecular complexity index is 1710. The number of aromatic nitrogens is 1. The van der Waals surface area contributed by atoms with Gasteiger partial charge < -0.3 is 4.42 Å². The third-order valence-electron chi connectivity index (χ3n) is 7.52. The Labute approximate surface area is 215 Å². The Morgan fingerprint density at radius 2 is 1.67 bits per heavy atom. The lowest BCUT2D eigenvalue weighted by Gasteiger charge is -2.18. The Balaban J connectivity index is 1.91. The number of pyridine rings is 1. The summed E-state index contributed by atoms with van der Waals surface area (Å²) in [7, 11) is 0.722. The van der Waals surface area contributed by atoms with Crippen molar-refractivity contribution in [1.29, 1.82) is 0 Å². The molecule has 5 aromatic rings. The van der Waals surface area contributed by atoms with Gasteiger partial charge >= 0.3 is 0 Å². The highest BCUT2D eigenvalue weighted by atomic mass is 28.3. The largest absolute Gasteiger partial charge is 0.456 e. The predicted molar refractivity (Wildman–Crippen MR) is 155 cm³/mol. The highest BCUT2D eigenvalue weighted by Gasteiger charge is 2.27. The molecule has 0 saturated heterocycles. The number of hydrogen-bond donors (Lipinski definition) is 0. The lowest BCUT2D eigenvalue weighted by Crippen LogP contribution is -2.40. The van der Waals surface area contributed by atoms with E-state index < -0.39 is 8.07 Å². The molecule has 0 aliphatic carbocycles. The molecule has 0 atom stereocenters. The molecule has 0 saturated carbocycles. The molecule has 0 spiro atoms. The van der Waals surface area contributed by atoms with Crippen molar-refractivity contribution in [3.63, 3.8) is 0 Å². The summed E-state index contributed by atoms with van der Waals surface area (Å²) in [6.45, 7) is 23.6. The van der Waals surface area contributed by atoms with Gasteiger partial charge in [-0.3, -0.25) is 0 Å². The van der Waals surface area contributed by atoms with Crippen molar-refractivity contribution in [2.75, 3.05) is 0 Å². The van der Waals surface area contributed by atoms with Gasteiger partial charge in [0.2, 0.25) is 11.2 Å². The molecule has 3 aromatic carbocycles. The smallest absolute Gasteiger partial charge is 0.217 e. The van der Waals surface area contributed by atoms with E-state index >= 15 is 0 Å². The zero-order chi connectivity index (χ0) is 25.9. The van der Waals surface area contributed by atoms with Gasteiger partial charge in [0.1, 0.15) is 18.2 Å². The van der Waals surface area contributed by atoms with E-state index in [1.807, 2.05) is 18.2 Å². The van der Waals surface area contributed by atoms with E-state index in [1.165, 1.54) is 38.5 Å². The predicted octanol–water partition coefficient (Wildman–Crippen LogP) is 8.14. The quantitative estimate of drug-likeness (QED) is 0.141. The molecule has 0 bridgehead atoms. The van der Waals surface area contributed by atoms with Gasteiger partial charge in [-0.25, -0.2) is 4.85 Å². The van der Waals surface area contributed by atoms with E-state index in [1.54, 1.807) is 0 Å². The molecule has 0 aliphatic heterocycles. The number of nitrogens with zero attached hydrogens (tertiary/aromatic N) is 2. The van der Waals surface area contributed by atoms with Crippen LogP contribution in [0.1, 0.15) is 30.5 Å². The summed E-state index contributed by atoms with van der Waals surface area (Å²) in [6, 6.07) is 17.5. The van der Waals surface area contributed by atoms with Gasteiger partial charge in [0.05, 0.1) is 20.2 Å². The number of benzene rings is 3. The van der Waals surface area contributed by atoms with Crippen molar-refractivity contribution in [3.05, 3.63) is 76.6 Å². The van der Waals surface area contributed by atoms with E-state index in [4.69, 9.17) is 11.0 Å². The van der Waals surface area contributed by atoms with Crippen LogP contribution in [0.15, 0.2) is 52.9 Å². The molecule has 0 fully saturated rings. The number of hydrogen-bond acceptors (Lipinski definition) is 1. The summed E-state index contributed by atoms with van der Waals surface area (Å²) in [4.78, 5) is 3.61. The van der Waals surface area contributed by atoms with Crippen molar-refractivity contribution >= 4 is 51.8 Å². The fourth-order valence-corrected chi connectivity index (χ4v) is 6.52. The topological polar surface area (TPSA) is 21.4 Å². The minimum absolute atomic E-state index is 0.558. The van der Waals surface area contributed by atoms with Crippen molar-refractivity contribution in [1.82, 2.24) is 0 Å². The summed E-state index contributed by atoms with van der Waals surface area (Å²) in [6.07, 6.45) is 1.03. The molecule has 2 heterocycles. The normalized spacial score (nSPS) is 12.2. The van der Waals surface area contributed by atoms with Gasteiger partial charge in [-0.15, -0.1) is 0 Å². The SMILES string of the molecule is [C-]#[N+]c1ccc2c(c1)oc1c(-c3cc(CC(C)C)c4ccc([Si](C)(C)C)cc4[n+]3C)c(C)c(C)cc12. The molecule has 0 N–H and O–H groups in total. The second kappa shape index (κ2) is 8.60. The van der Waals surface area contributed by atoms with Crippen LogP contribution in [0, 0.1) is 26.3 Å². The average molecular weight is 492 g/mol. The first-order valence-corrected chi connectivity index (χ1v) is 16.3. The van der Waals surface area contributed by atoms with Crippen LogP contribution in [0.2, 0.25) is 19.6 Å². The average Bonchev–Trinajstić information content (AvgIpc) is 3.17. The number of aryl methyl sites for hydroxylation is 2. The molecule has 0 unspecified atom stereocenters. The van der Waals surface area contributed by atoms with Crippen LogP contribution in [-0.2, 0) is 13.5 Å². The van der Waals surface area contributed by atoms with Crippen molar-refractivity contribution in [2.24, 2.45) is 13.0 Å². The monoisotopic (exact) mass is 491 g/mol. The molecule has 36 heavy (non-hydrogen) atoms. The van der Waals surface area contributed by atoms with E-state index in [0.717, 1.165) is 33.9 Å².